The minimum atomic E-state index is -4.06. The van der Waals surface area contributed by atoms with Crippen molar-refractivity contribution in [1.29, 1.82) is 0 Å². The van der Waals surface area contributed by atoms with Crippen LogP contribution in [0, 0.1) is 0 Å². The highest BCUT2D eigenvalue weighted by Crippen LogP contribution is 2.31. The van der Waals surface area contributed by atoms with E-state index in [9.17, 15) is 16.8 Å². The molecule has 0 atom stereocenters. The Morgan fingerprint density at radius 3 is 2.35 bits per heavy atom. The lowest BCUT2D eigenvalue weighted by Crippen LogP contribution is -2.12. The van der Waals surface area contributed by atoms with E-state index in [4.69, 9.17) is 22.1 Å². The first-order valence-corrected chi connectivity index (χ1v) is 9.74. The summed E-state index contributed by atoms with van der Waals surface area (Å²) in [6.07, 6.45) is 1.74. The molecule has 0 saturated heterocycles. The molecule has 1 aromatic carbocycles. The molecule has 0 aliphatic carbocycles. The minimum absolute atomic E-state index is 0.0980. The summed E-state index contributed by atoms with van der Waals surface area (Å²) in [7, 11) is -6.37. The standard InChI is InChI=1S/C12H12ClN3O5S2/c1-21-9-4-3-7(5-8(9)13)23(19,20)10-6-15-12(16-11(10)14)22(2,17)18/h3-6H,1-2H3,(H2,14,15,16). The Hall–Kier alpha value is -1.91. The number of rotatable bonds is 4. The van der Waals surface area contributed by atoms with Gasteiger partial charge in [-0.05, 0) is 18.2 Å². The van der Waals surface area contributed by atoms with Crippen LogP contribution in [0.3, 0.4) is 0 Å². The van der Waals surface area contributed by atoms with Crippen molar-refractivity contribution >= 4 is 37.1 Å². The van der Waals surface area contributed by atoms with Crippen LogP contribution in [0.25, 0.3) is 0 Å². The lowest BCUT2D eigenvalue weighted by molar-refractivity contribution is 0.414. The summed E-state index contributed by atoms with van der Waals surface area (Å²) in [6, 6.07) is 3.86. The molecule has 0 unspecified atom stereocenters. The number of anilines is 1. The monoisotopic (exact) mass is 377 g/mol. The Kier molecular flexibility index (Phi) is 4.51. The number of benzene rings is 1. The van der Waals surface area contributed by atoms with Gasteiger partial charge in [-0.25, -0.2) is 21.8 Å². The van der Waals surface area contributed by atoms with Gasteiger partial charge in [-0.15, -0.1) is 0 Å². The number of nitrogens with two attached hydrogens (primary N) is 1. The highest BCUT2D eigenvalue weighted by atomic mass is 35.5. The van der Waals surface area contributed by atoms with Crippen molar-refractivity contribution < 1.29 is 21.6 Å². The summed E-state index contributed by atoms with van der Waals surface area (Å²) in [5.41, 5.74) is 5.58. The van der Waals surface area contributed by atoms with Crippen LogP contribution < -0.4 is 10.5 Å². The zero-order valence-corrected chi connectivity index (χ0v) is 14.4. The number of ether oxygens (including phenoxy) is 1. The summed E-state index contributed by atoms with van der Waals surface area (Å²) in [4.78, 5) is 6.52. The molecule has 0 fully saturated rings. The van der Waals surface area contributed by atoms with E-state index < -0.39 is 35.5 Å². The van der Waals surface area contributed by atoms with Gasteiger partial charge in [0.2, 0.25) is 24.8 Å². The van der Waals surface area contributed by atoms with Gasteiger partial charge in [-0.3, -0.25) is 0 Å². The summed E-state index contributed by atoms with van der Waals surface area (Å²) < 4.78 is 52.8. The molecule has 8 nitrogen and oxygen atoms in total. The molecule has 0 aliphatic heterocycles. The highest BCUT2D eigenvalue weighted by molar-refractivity contribution is 7.91. The van der Waals surface area contributed by atoms with Crippen LogP contribution in [0.1, 0.15) is 0 Å². The van der Waals surface area contributed by atoms with E-state index >= 15 is 0 Å². The fraction of sp³-hybridized carbons (Fsp3) is 0.167. The first-order chi connectivity index (χ1) is 10.6. The van der Waals surface area contributed by atoms with E-state index in [2.05, 4.69) is 9.97 Å². The second-order valence-corrected chi connectivity index (χ2v) is 8.71. The van der Waals surface area contributed by atoms with Crippen molar-refractivity contribution in [1.82, 2.24) is 9.97 Å². The largest absolute Gasteiger partial charge is 0.495 e. The van der Waals surface area contributed by atoms with Crippen LogP contribution in [0.5, 0.6) is 5.75 Å². The first kappa shape index (κ1) is 17.4. The zero-order chi connectivity index (χ0) is 17.4. The quantitative estimate of drug-likeness (QED) is 0.779. The Labute approximate surface area is 138 Å². The van der Waals surface area contributed by atoms with Crippen molar-refractivity contribution in [3.63, 3.8) is 0 Å². The Bertz CT molecular complexity index is 974. The lowest BCUT2D eigenvalue weighted by Gasteiger charge is -2.09. The second-order valence-electron chi connectivity index (χ2n) is 4.47. The number of nitrogen functional groups attached to an aromatic ring is 1. The van der Waals surface area contributed by atoms with Crippen LogP contribution in [0.4, 0.5) is 5.82 Å². The molecule has 0 saturated carbocycles. The van der Waals surface area contributed by atoms with Crippen molar-refractivity contribution in [2.45, 2.75) is 14.9 Å². The van der Waals surface area contributed by atoms with E-state index in [-0.39, 0.29) is 9.92 Å². The normalized spacial score (nSPS) is 12.1. The molecule has 0 radical (unpaired) electrons. The predicted molar refractivity (Wildman–Crippen MR) is 83.0 cm³/mol. The van der Waals surface area contributed by atoms with Crippen molar-refractivity contribution in [3.8, 4) is 5.75 Å². The van der Waals surface area contributed by atoms with Crippen LogP contribution in [0.15, 0.2) is 39.3 Å². The van der Waals surface area contributed by atoms with Gasteiger partial charge < -0.3 is 10.5 Å². The number of nitrogens with zero attached hydrogens (tertiary/aromatic N) is 2. The molecule has 1 heterocycles. The van der Waals surface area contributed by atoms with Crippen molar-refractivity contribution in [3.05, 3.63) is 29.4 Å². The maximum Gasteiger partial charge on any atom is 0.248 e. The summed E-state index contributed by atoms with van der Waals surface area (Å²) in [5.74, 6) is -0.158. The van der Waals surface area contributed by atoms with E-state index in [1.165, 1.54) is 25.3 Å². The summed E-state index contributed by atoms with van der Waals surface area (Å²) >= 11 is 5.92. The Morgan fingerprint density at radius 2 is 1.87 bits per heavy atom. The van der Waals surface area contributed by atoms with Gasteiger partial charge in [0.1, 0.15) is 16.5 Å². The molecule has 0 spiro atoms. The minimum Gasteiger partial charge on any atom is -0.495 e. The molecule has 1 aromatic heterocycles. The van der Waals surface area contributed by atoms with E-state index in [1.54, 1.807) is 0 Å². The number of sulfone groups is 2. The maximum absolute atomic E-state index is 12.6. The summed E-state index contributed by atoms with van der Waals surface area (Å²) in [6.45, 7) is 0. The fourth-order valence-electron chi connectivity index (χ4n) is 1.69. The van der Waals surface area contributed by atoms with Gasteiger partial charge >= 0.3 is 0 Å². The molecule has 124 valence electrons. The molecule has 23 heavy (non-hydrogen) atoms. The molecule has 0 aliphatic rings. The Balaban J connectivity index is 2.58. The van der Waals surface area contributed by atoms with E-state index in [0.717, 1.165) is 12.5 Å². The molecule has 11 heteroatoms. The highest BCUT2D eigenvalue weighted by Gasteiger charge is 2.25. The number of aromatic nitrogens is 2. The molecule has 0 bridgehead atoms. The number of hydrogen-bond donors (Lipinski definition) is 1. The molecular formula is C12H12ClN3O5S2. The Morgan fingerprint density at radius 1 is 1.22 bits per heavy atom. The van der Waals surface area contributed by atoms with Gasteiger partial charge in [-0.2, -0.15) is 4.98 Å². The van der Waals surface area contributed by atoms with Gasteiger partial charge in [-0.1, -0.05) is 11.6 Å². The SMILES string of the molecule is COc1ccc(S(=O)(=O)c2cnc(S(C)(=O)=O)nc2N)cc1Cl. The predicted octanol–water partition coefficient (Wildman–Crippen LogP) is 0.957. The lowest BCUT2D eigenvalue weighted by atomic mass is 10.3. The van der Waals surface area contributed by atoms with Gasteiger partial charge in [0.05, 0.1) is 23.2 Å². The molecule has 2 rings (SSSR count). The third-order valence-corrected chi connectivity index (χ3v) is 5.74. The number of methoxy groups -OCH3 is 1. The molecule has 0 amide bonds. The van der Waals surface area contributed by atoms with E-state index in [0.29, 0.717) is 5.75 Å². The van der Waals surface area contributed by atoms with Gasteiger partial charge in [0.15, 0.2) is 0 Å². The average Bonchev–Trinajstić information content (AvgIpc) is 2.45. The topological polar surface area (TPSA) is 129 Å². The number of halogens is 1. The third-order valence-electron chi connectivity index (χ3n) is 2.82. The van der Waals surface area contributed by atoms with Crippen LogP contribution in [-0.4, -0.2) is 40.2 Å². The number of hydrogen-bond acceptors (Lipinski definition) is 8. The summed E-state index contributed by atoms with van der Waals surface area (Å²) in [5, 5.41) is -0.456. The fourth-order valence-corrected chi connectivity index (χ4v) is 3.81. The second kappa shape index (κ2) is 5.95. The van der Waals surface area contributed by atoms with Gasteiger partial charge in [0.25, 0.3) is 0 Å². The van der Waals surface area contributed by atoms with Crippen LogP contribution >= 0.6 is 11.6 Å². The molecule has 2 aromatic rings. The van der Waals surface area contributed by atoms with Crippen molar-refractivity contribution in [2.75, 3.05) is 19.1 Å². The molecular weight excluding hydrogens is 366 g/mol. The maximum atomic E-state index is 12.6. The third kappa shape index (κ3) is 3.38. The van der Waals surface area contributed by atoms with Gasteiger partial charge in [0, 0.05) is 6.26 Å². The zero-order valence-electron chi connectivity index (χ0n) is 12.0. The molecule has 2 N–H and O–H groups in total. The first-order valence-electron chi connectivity index (χ1n) is 5.98. The smallest absolute Gasteiger partial charge is 0.248 e. The van der Waals surface area contributed by atoms with Crippen molar-refractivity contribution in [2.24, 2.45) is 0 Å². The average molecular weight is 378 g/mol. The van der Waals surface area contributed by atoms with E-state index in [1.807, 2.05) is 0 Å². The van der Waals surface area contributed by atoms with Crippen LogP contribution in [0.2, 0.25) is 5.02 Å². The van der Waals surface area contributed by atoms with Crippen LogP contribution in [-0.2, 0) is 19.7 Å².